The fraction of sp³-hybridized carbons (Fsp3) is 0.556. The molecular weight excluding hydrogens is 297 g/mol. The van der Waals surface area contributed by atoms with Crippen molar-refractivity contribution in [2.45, 2.75) is 50.7 Å². The maximum Gasteiger partial charge on any atom is 0.223 e. The van der Waals surface area contributed by atoms with Gasteiger partial charge in [0.05, 0.1) is 18.8 Å². The molecule has 2 atom stereocenters. The number of carbonyl (C=O) groups excluding carboxylic acids is 2. The lowest BCUT2D eigenvalue weighted by Gasteiger charge is -2.43. The molecule has 1 amide bonds. The molecule has 4 nitrogen and oxygen atoms in total. The number of benzene rings is 1. The molecule has 124 valence electrons. The van der Waals surface area contributed by atoms with Gasteiger partial charge in [0.15, 0.2) is 5.78 Å². The third kappa shape index (κ3) is 3.78. The van der Waals surface area contributed by atoms with Crippen LogP contribution in [0.1, 0.15) is 48.9 Å². The van der Waals surface area contributed by atoms with Gasteiger partial charge in [0.25, 0.3) is 0 Å². The van der Waals surface area contributed by atoms with Gasteiger partial charge in [-0.15, -0.1) is 0 Å². The van der Waals surface area contributed by atoms with E-state index >= 15 is 0 Å². The predicted octanol–water partition coefficient (Wildman–Crippen LogP) is 2.96. The number of carbonyl (C=O) groups is 2. The largest absolute Gasteiger partial charge is 0.374 e. The summed E-state index contributed by atoms with van der Waals surface area (Å²) in [5.74, 6) is -0.457. The number of hydrogen-bond acceptors (Lipinski definition) is 3. The molecule has 0 aromatic heterocycles. The van der Waals surface area contributed by atoms with E-state index in [1.807, 2.05) is 4.90 Å². The van der Waals surface area contributed by atoms with Crippen LogP contribution < -0.4 is 0 Å². The van der Waals surface area contributed by atoms with Crippen molar-refractivity contribution in [3.8, 4) is 0 Å². The van der Waals surface area contributed by atoms with Crippen LogP contribution in [-0.2, 0) is 9.53 Å². The number of hydrogen-bond donors (Lipinski definition) is 0. The summed E-state index contributed by atoms with van der Waals surface area (Å²) in [4.78, 5) is 26.5. The van der Waals surface area contributed by atoms with Gasteiger partial charge < -0.3 is 9.64 Å². The molecule has 0 N–H and O–H groups in total. The van der Waals surface area contributed by atoms with Crippen LogP contribution in [0.3, 0.4) is 0 Å². The number of ketones is 1. The number of fused-ring (bicyclic) bond motifs is 1. The summed E-state index contributed by atoms with van der Waals surface area (Å²) in [5, 5.41) is 0. The first-order valence-electron chi connectivity index (χ1n) is 8.35. The highest BCUT2D eigenvalue weighted by Gasteiger charge is 2.36. The second-order valence-corrected chi connectivity index (χ2v) is 6.28. The van der Waals surface area contributed by atoms with E-state index in [0.29, 0.717) is 18.7 Å². The van der Waals surface area contributed by atoms with E-state index in [-0.39, 0.29) is 42.5 Å². The number of morpholine rings is 1. The van der Waals surface area contributed by atoms with Crippen molar-refractivity contribution in [1.82, 2.24) is 4.90 Å². The van der Waals surface area contributed by atoms with E-state index < -0.39 is 0 Å². The molecule has 0 unspecified atom stereocenters. The second kappa shape index (κ2) is 7.21. The maximum atomic E-state index is 12.9. The van der Waals surface area contributed by atoms with Gasteiger partial charge in [-0.25, -0.2) is 4.39 Å². The minimum atomic E-state index is -0.366. The Bertz CT molecular complexity index is 570. The quantitative estimate of drug-likeness (QED) is 0.802. The smallest absolute Gasteiger partial charge is 0.223 e. The minimum Gasteiger partial charge on any atom is -0.374 e. The van der Waals surface area contributed by atoms with Crippen molar-refractivity contribution in [3.05, 3.63) is 35.6 Å². The van der Waals surface area contributed by atoms with Crippen molar-refractivity contribution in [2.24, 2.45) is 0 Å². The van der Waals surface area contributed by atoms with Crippen molar-refractivity contribution in [3.63, 3.8) is 0 Å². The van der Waals surface area contributed by atoms with E-state index in [0.717, 1.165) is 25.7 Å². The van der Waals surface area contributed by atoms with Crippen LogP contribution in [0.25, 0.3) is 0 Å². The number of halogens is 1. The van der Waals surface area contributed by atoms with Gasteiger partial charge in [-0.1, -0.05) is 12.8 Å². The van der Waals surface area contributed by atoms with Crippen LogP contribution in [0.15, 0.2) is 24.3 Å². The highest BCUT2D eigenvalue weighted by Crippen LogP contribution is 2.29. The van der Waals surface area contributed by atoms with Gasteiger partial charge in [0.1, 0.15) is 5.82 Å². The Morgan fingerprint density at radius 3 is 2.65 bits per heavy atom. The van der Waals surface area contributed by atoms with Gasteiger partial charge in [0, 0.05) is 24.9 Å². The normalized spacial score (nSPS) is 24.1. The van der Waals surface area contributed by atoms with Crippen LogP contribution in [0.4, 0.5) is 4.39 Å². The molecule has 0 bridgehead atoms. The van der Waals surface area contributed by atoms with Crippen LogP contribution in [0.2, 0.25) is 0 Å². The van der Waals surface area contributed by atoms with Crippen LogP contribution >= 0.6 is 0 Å². The van der Waals surface area contributed by atoms with Crippen LogP contribution in [-0.4, -0.2) is 41.9 Å². The summed E-state index contributed by atoms with van der Waals surface area (Å²) in [6.07, 6.45) is 4.83. The summed E-state index contributed by atoms with van der Waals surface area (Å²) in [5.41, 5.74) is 0.455. The van der Waals surface area contributed by atoms with Crippen LogP contribution in [0, 0.1) is 5.82 Å². The van der Waals surface area contributed by atoms with Gasteiger partial charge in [-0.05, 0) is 37.1 Å². The molecule has 1 heterocycles. The molecule has 3 rings (SSSR count). The fourth-order valence-corrected chi connectivity index (χ4v) is 3.55. The highest BCUT2D eigenvalue weighted by atomic mass is 19.1. The van der Waals surface area contributed by atoms with Gasteiger partial charge >= 0.3 is 0 Å². The SMILES string of the molecule is O=C(CCC(=O)N1CCO[C@@H]2CCCC[C@H]21)c1ccc(F)cc1. The number of ether oxygens (including phenoxy) is 1. The molecular formula is C18H22FNO3. The van der Waals surface area contributed by atoms with E-state index in [1.54, 1.807) is 0 Å². The highest BCUT2D eigenvalue weighted by molar-refractivity contribution is 5.97. The molecule has 23 heavy (non-hydrogen) atoms. The molecule has 1 aromatic carbocycles. The zero-order valence-electron chi connectivity index (χ0n) is 13.2. The summed E-state index contributed by atoms with van der Waals surface area (Å²) in [7, 11) is 0. The first-order chi connectivity index (χ1) is 11.1. The Morgan fingerprint density at radius 1 is 1.13 bits per heavy atom. The first kappa shape index (κ1) is 16.1. The van der Waals surface area contributed by atoms with Crippen LogP contribution in [0.5, 0.6) is 0 Å². The summed E-state index contributed by atoms with van der Waals surface area (Å²) in [6, 6.07) is 5.64. The molecule has 1 saturated carbocycles. The first-order valence-corrected chi connectivity index (χ1v) is 8.35. The number of amides is 1. The molecule has 1 aromatic rings. The third-order valence-electron chi connectivity index (χ3n) is 4.78. The third-order valence-corrected chi connectivity index (χ3v) is 4.78. The average Bonchev–Trinajstić information content (AvgIpc) is 2.59. The summed E-state index contributed by atoms with van der Waals surface area (Å²) >= 11 is 0. The predicted molar refractivity (Wildman–Crippen MR) is 83.7 cm³/mol. The zero-order chi connectivity index (χ0) is 16.2. The van der Waals surface area contributed by atoms with E-state index in [4.69, 9.17) is 4.74 Å². The van der Waals surface area contributed by atoms with E-state index in [1.165, 1.54) is 24.3 Å². The minimum absolute atomic E-state index is 0.0284. The second-order valence-electron chi connectivity index (χ2n) is 6.28. The maximum absolute atomic E-state index is 12.9. The number of Topliss-reactive ketones (excluding diaryl/α,β-unsaturated/α-hetero) is 1. The van der Waals surface area contributed by atoms with Gasteiger partial charge in [-0.2, -0.15) is 0 Å². The molecule has 2 fully saturated rings. The van der Waals surface area contributed by atoms with E-state index in [2.05, 4.69) is 0 Å². The monoisotopic (exact) mass is 319 g/mol. The Kier molecular flexibility index (Phi) is 5.06. The van der Waals surface area contributed by atoms with Crippen molar-refractivity contribution in [2.75, 3.05) is 13.2 Å². The zero-order valence-corrected chi connectivity index (χ0v) is 13.2. The Hall–Kier alpha value is -1.75. The lowest BCUT2D eigenvalue weighted by molar-refractivity contribution is -0.149. The molecule has 1 aliphatic heterocycles. The topological polar surface area (TPSA) is 46.6 Å². The molecule has 5 heteroatoms. The Balaban J connectivity index is 1.56. The van der Waals surface area contributed by atoms with E-state index in [9.17, 15) is 14.0 Å². The lowest BCUT2D eigenvalue weighted by Crippen LogP contribution is -2.54. The van der Waals surface area contributed by atoms with Gasteiger partial charge in [-0.3, -0.25) is 9.59 Å². The summed E-state index contributed by atoms with van der Waals surface area (Å²) < 4.78 is 18.7. The van der Waals surface area contributed by atoms with Gasteiger partial charge in [0.2, 0.25) is 5.91 Å². The average molecular weight is 319 g/mol. The molecule has 2 aliphatic rings. The molecule has 0 spiro atoms. The number of rotatable bonds is 4. The lowest BCUT2D eigenvalue weighted by atomic mass is 9.90. The standard InChI is InChI=1S/C18H22FNO3/c19-14-7-5-13(6-8-14)16(21)9-10-18(22)20-11-12-23-17-4-2-1-3-15(17)20/h5-8,15,17H,1-4,9-12H2/t15-,17-/m1/s1. The Morgan fingerprint density at radius 2 is 1.87 bits per heavy atom. The molecule has 0 radical (unpaired) electrons. The Labute approximate surface area is 135 Å². The van der Waals surface area contributed by atoms with Crippen molar-refractivity contribution >= 4 is 11.7 Å². The molecule has 1 aliphatic carbocycles. The molecule has 1 saturated heterocycles. The summed E-state index contributed by atoms with van der Waals surface area (Å²) in [6.45, 7) is 1.20. The number of nitrogens with zero attached hydrogens (tertiary/aromatic N) is 1. The van der Waals surface area contributed by atoms with Crippen molar-refractivity contribution in [1.29, 1.82) is 0 Å². The fourth-order valence-electron chi connectivity index (χ4n) is 3.55. The van der Waals surface area contributed by atoms with Crippen molar-refractivity contribution < 1.29 is 18.7 Å².